The molecule has 2 aromatic carbocycles. The highest BCUT2D eigenvalue weighted by Gasteiger charge is 2.08. The largest absolute Gasteiger partial charge is 0.423 e. The molecule has 134 valence electrons. The Morgan fingerprint density at radius 2 is 1.85 bits per heavy atom. The van der Waals surface area contributed by atoms with Crippen LogP contribution in [0.25, 0.3) is 11.0 Å². The highest BCUT2D eigenvalue weighted by atomic mass is 32.2. The molecule has 0 aliphatic heterocycles. The Bertz CT molecular complexity index is 1020. The van der Waals surface area contributed by atoms with Gasteiger partial charge in [-0.25, -0.2) is 9.79 Å². The van der Waals surface area contributed by atoms with Crippen molar-refractivity contribution in [1.82, 2.24) is 0 Å². The SMILES string of the molecule is CCc1ccc2c(CSC(N)=Nc3cc(C)cc(C)c3)cc(=O)oc2c1. The first-order valence-corrected chi connectivity index (χ1v) is 9.54. The molecule has 3 aromatic rings. The first kappa shape index (κ1) is 18.3. The van der Waals surface area contributed by atoms with Crippen LogP contribution in [0.3, 0.4) is 0 Å². The zero-order chi connectivity index (χ0) is 18.7. The molecular weight excluding hydrogens is 344 g/mol. The molecule has 3 rings (SSSR count). The third kappa shape index (κ3) is 4.35. The molecule has 4 nitrogen and oxygen atoms in total. The third-order valence-corrected chi connectivity index (χ3v) is 4.97. The Kier molecular flexibility index (Phi) is 5.47. The molecule has 0 amide bonds. The van der Waals surface area contributed by atoms with Gasteiger partial charge in [-0.05, 0) is 60.7 Å². The van der Waals surface area contributed by atoms with Crippen LogP contribution in [0.15, 0.2) is 56.7 Å². The van der Waals surface area contributed by atoms with Gasteiger partial charge in [0.15, 0.2) is 5.17 Å². The molecule has 0 atom stereocenters. The fourth-order valence-corrected chi connectivity index (χ4v) is 3.65. The van der Waals surface area contributed by atoms with Gasteiger partial charge in [0.2, 0.25) is 0 Å². The smallest absolute Gasteiger partial charge is 0.336 e. The number of thioether (sulfide) groups is 1. The van der Waals surface area contributed by atoms with E-state index in [0.29, 0.717) is 16.5 Å². The zero-order valence-electron chi connectivity index (χ0n) is 15.2. The molecule has 2 N–H and O–H groups in total. The molecule has 0 saturated carbocycles. The summed E-state index contributed by atoms with van der Waals surface area (Å²) in [7, 11) is 0. The molecule has 0 unspecified atom stereocenters. The lowest BCUT2D eigenvalue weighted by molar-refractivity contribution is 0.559. The van der Waals surface area contributed by atoms with E-state index in [1.807, 2.05) is 38.1 Å². The molecule has 1 aromatic heterocycles. The second-order valence-corrected chi connectivity index (χ2v) is 7.35. The Morgan fingerprint density at radius 1 is 1.12 bits per heavy atom. The Hall–Kier alpha value is -2.53. The first-order chi connectivity index (χ1) is 12.4. The van der Waals surface area contributed by atoms with Gasteiger partial charge in [0.1, 0.15) is 5.58 Å². The number of rotatable bonds is 4. The summed E-state index contributed by atoms with van der Waals surface area (Å²) in [6.07, 6.45) is 0.897. The standard InChI is InChI=1S/C21H22N2O2S/c1-4-15-5-6-18-16(11-20(24)25-19(18)10-15)12-26-21(22)23-17-8-13(2)7-14(3)9-17/h5-11H,4,12H2,1-3H3,(H2,22,23). The second kappa shape index (κ2) is 7.79. The lowest BCUT2D eigenvalue weighted by Crippen LogP contribution is -2.07. The van der Waals surface area contributed by atoms with Crippen molar-refractivity contribution in [2.45, 2.75) is 32.9 Å². The van der Waals surface area contributed by atoms with Crippen LogP contribution in [0, 0.1) is 13.8 Å². The lowest BCUT2D eigenvalue weighted by Gasteiger charge is -2.07. The van der Waals surface area contributed by atoms with E-state index in [1.165, 1.54) is 17.8 Å². The van der Waals surface area contributed by atoms with Crippen molar-refractivity contribution in [2.75, 3.05) is 0 Å². The molecule has 0 fully saturated rings. The fraction of sp³-hybridized carbons (Fsp3) is 0.238. The van der Waals surface area contributed by atoms with Gasteiger partial charge in [0.25, 0.3) is 0 Å². The number of hydrogen-bond donors (Lipinski definition) is 1. The van der Waals surface area contributed by atoms with Crippen LogP contribution in [-0.2, 0) is 12.2 Å². The number of nitrogens with zero attached hydrogens (tertiary/aromatic N) is 1. The molecule has 0 saturated heterocycles. The van der Waals surface area contributed by atoms with E-state index in [4.69, 9.17) is 10.2 Å². The number of benzene rings is 2. The van der Waals surface area contributed by atoms with E-state index < -0.39 is 0 Å². The second-order valence-electron chi connectivity index (χ2n) is 6.36. The lowest BCUT2D eigenvalue weighted by atomic mass is 10.1. The van der Waals surface area contributed by atoms with Gasteiger partial charge in [-0.15, -0.1) is 0 Å². The normalized spacial score (nSPS) is 11.9. The van der Waals surface area contributed by atoms with Gasteiger partial charge >= 0.3 is 5.63 Å². The molecule has 0 spiro atoms. The highest BCUT2D eigenvalue weighted by Crippen LogP contribution is 2.24. The summed E-state index contributed by atoms with van der Waals surface area (Å²) < 4.78 is 5.35. The summed E-state index contributed by atoms with van der Waals surface area (Å²) in [6.45, 7) is 6.15. The topological polar surface area (TPSA) is 68.6 Å². The molecule has 0 bridgehead atoms. The molecule has 0 radical (unpaired) electrons. The Morgan fingerprint density at radius 3 is 2.54 bits per heavy atom. The van der Waals surface area contributed by atoms with Crippen molar-refractivity contribution in [3.05, 3.63) is 75.1 Å². The molecule has 0 aliphatic carbocycles. The molecular formula is C21H22N2O2S. The number of aliphatic imine (C=N–C) groups is 1. The van der Waals surface area contributed by atoms with Crippen LogP contribution in [0.1, 0.15) is 29.2 Å². The predicted molar refractivity (Wildman–Crippen MR) is 110 cm³/mol. The van der Waals surface area contributed by atoms with Crippen LogP contribution in [0.4, 0.5) is 5.69 Å². The number of amidine groups is 1. The highest BCUT2D eigenvalue weighted by molar-refractivity contribution is 8.13. The summed E-state index contributed by atoms with van der Waals surface area (Å²) in [4.78, 5) is 16.4. The van der Waals surface area contributed by atoms with E-state index in [-0.39, 0.29) is 5.63 Å². The number of hydrogen-bond acceptors (Lipinski definition) is 4. The summed E-state index contributed by atoms with van der Waals surface area (Å²) in [5, 5.41) is 1.41. The van der Waals surface area contributed by atoms with Crippen LogP contribution < -0.4 is 11.4 Å². The minimum absolute atomic E-state index is 0.342. The number of aryl methyl sites for hydroxylation is 3. The van der Waals surface area contributed by atoms with E-state index in [0.717, 1.165) is 39.7 Å². The fourth-order valence-electron chi connectivity index (χ4n) is 2.94. The molecule has 0 aliphatic rings. The van der Waals surface area contributed by atoms with E-state index in [1.54, 1.807) is 0 Å². The Balaban J connectivity index is 1.84. The monoisotopic (exact) mass is 366 g/mol. The van der Waals surface area contributed by atoms with E-state index >= 15 is 0 Å². The third-order valence-electron chi connectivity index (χ3n) is 4.12. The average molecular weight is 366 g/mol. The maximum atomic E-state index is 11.9. The summed E-state index contributed by atoms with van der Waals surface area (Å²) in [5.74, 6) is 0.563. The van der Waals surface area contributed by atoms with Gasteiger partial charge in [0, 0.05) is 17.2 Å². The maximum absolute atomic E-state index is 11.9. The van der Waals surface area contributed by atoms with Crippen molar-refractivity contribution >= 4 is 33.6 Å². The minimum Gasteiger partial charge on any atom is -0.423 e. The first-order valence-electron chi connectivity index (χ1n) is 8.55. The van der Waals surface area contributed by atoms with Crippen molar-refractivity contribution in [3.63, 3.8) is 0 Å². The van der Waals surface area contributed by atoms with Gasteiger partial charge in [-0.1, -0.05) is 36.9 Å². The summed E-state index contributed by atoms with van der Waals surface area (Å²) in [5.41, 5.74) is 11.6. The van der Waals surface area contributed by atoms with Crippen LogP contribution in [-0.4, -0.2) is 5.17 Å². The minimum atomic E-state index is -0.342. The predicted octanol–water partition coefficient (Wildman–Crippen LogP) is 4.85. The van der Waals surface area contributed by atoms with Crippen molar-refractivity contribution in [1.29, 1.82) is 0 Å². The van der Waals surface area contributed by atoms with Crippen LogP contribution in [0.2, 0.25) is 0 Å². The van der Waals surface area contributed by atoms with Crippen molar-refractivity contribution < 1.29 is 4.42 Å². The van der Waals surface area contributed by atoms with Gasteiger partial charge < -0.3 is 10.2 Å². The molecule has 26 heavy (non-hydrogen) atoms. The average Bonchev–Trinajstić information content (AvgIpc) is 2.58. The summed E-state index contributed by atoms with van der Waals surface area (Å²) in [6, 6.07) is 13.6. The van der Waals surface area contributed by atoms with Crippen molar-refractivity contribution in [2.24, 2.45) is 10.7 Å². The van der Waals surface area contributed by atoms with Gasteiger partial charge in [-0.3, -0.25) is 0 Å². The Labute approximate surface area is 157 Å². The van der Waals surface area contributed by atoms with Gasteiger partial charge in [0.05, 0.1) is 5.69 Å². The van der Waals surface area contributed by atoms with Crippen LogP contribution >= 0.6 is 11.8 Å². The quantitative estimate of drug-likeness (QED) is 0.407. The number of fused-ring (bicyclic) bond motifs is 1. The van der Waals surface area contributed by atoms with Crippen LogP contribution in [0.5, 0.6) is 0 Å². The zero-order valence-corrected chi connectivity index (χ0v) is 16.0. The van der Waals surface area contributed by atoms with E-state index in [2.05, 4.69) is 24.0 Å². The summed E-state index contributed by atoms with van der Waals surface area (Å²) >= 11 is 1.42. The van der Waals surface area contributed by atoms with Gasteiger partial charge in [-0.2, -0.15) is 0 Å². The van der Waals surface area contributed by atoms with E-state index in [9.17, 15) is 4.79 Å². The number of nitrogens with two attached hydrogens (primary N) is 1. The molecule has 1 heterocycles. The van der Waals surface area contributed by atoms with Crippen molar-refractivity contribution in [3.8, 4) is 0 Å². The maximum Gasteiger partial charge on any atom is 0.336 e. The molecule has 5 heteroatoms.